The van der Waals surface area contributed by atoms with E-state index in [0.29, 0.717) is 34.3 Å². The van der Waals surface area contributed by atoms with Crippen LogP contribution in [0.2, 0.25) is 0 Å². The fourth-order valence-corrected chi connectivity index (χ4v) is 4.32. The first-order chi connectivity index (χ1) is 17.6. The Kier molecular flexibility index (Phi) is 5.22. The molecule has 0 atom stereocenters. The summed E-state index contributed by atoms with van der Waals surface area (Å²) in [4.78, 5) is 28.8. The van der Waals surface area contributed by atoms with Gasteiger partial charge in [-0.15, -0.1) is 0 Å². The highest BCUT2D eigenvalue weighted by atomic mass is 19.1. The number of nitrogens with zero attached hydrogens (tertiary/aromatic N) is 4. The Hall–Kier alpha value is -4.92. The lowest BCUT2D eigenvalue weighted by atomic mass is 9.99. The molecule has 0 spiro atoms. The highest BCUT2D eigenvalue weighted by molar-refractivity contribution is 6.13. The van der Waals surface area contributed by atoms with Crippen LogP contribution < -0.4 is 5.32 Å². The third kappa shape index (κ3) is 3.76. The molecule has 0 saturated heterocycles. The summed E-state index contributed by atoms with van der Waals surface area (Å²) >= 11 is 0. The molecular formula is C27H20FN7O. The van der Waals surface area contributed by atoms with Gasteiger partial charge in [0, 0.05) is 58.2 Å². The molecule has 0 aliphatic rings. The molecule has 36 heavy (non-hydrogen) atoms. The van der Waals surface area contributed by atoms with Crippen LogP contribution in [0, 0.1) is 12.7 Å². The minimum Gasteiger partial charge on any atom is -0.348 e. The number of amides is 1. The molecule has 0 unspecified atom stereocenters. The summed E-state index contributed by atoms with van der Waals surface area (Å²) < 4.78 is 15.2. The van der Waals surface area contributed by atoms with Crippen molar-refractivity contribution in [2.45, 2.75) is 13.5 Å². The summed E-state index contributed by atoms with van der Waals surface area (Å²) in [7, 11) is 0. The first kappa shape index (κ1) is 21.6. The fraction of sp³-hybridized carbons (Fsp3) is 0.0741. The molecule has 9 heteroatoms. The number of hydrogen-bond acceptors (Lipinski definition) is 5. The van der Waals surface area contributed by atoms with Gasteiger partial charge < -0.3 is 10.3 Å². The summed E-state index contributed by atoms with van der Waals surface area (Å²) in [5.41, 5.74) is 6.19. The van der Waals surface area contributed by atoms with Gasteiger partial charge in [-0.05, 0) is 42.8 Å². The van der Waals surface area contributed by atoms with Crippen molar-refractivity contribution in [3.8, 4) is 22.4 Å². The zero-order chi connectivity index (χ0) is 24.6. The van der Waals surface area contributed by atoms with E-state index in [4.69, 9.17) is 0 Å². The predicted octanol–water partition coefficient (Wildman–Crippen LogP) is 4.94. The van der Waals surface area contributed by atoms with Gasteiger partial charge in [0.1, 0.15) is 11.5 Å². The van der Waals surface area contributed by atoms with Gasteiger partial charge in [-0.3, -0.25) is 19.9 Å². The Morgan fingerprint density at radius 3 is 2.67 bits per heavy atom. The Labute approximate surface area is 204 Å². The maximum absolute atomic E-state index is 15.2. The van der Waals surface area contributed by atoms with Gasteiger partial charge in [-0.25, -0.2) is 9.37 Å². The summed E-state index contributed by atoms with van der Waals surface area (Å²) in [5.74, 6) is -0.669. The van der Waals surface area contributed by atoms with Gasteiger partial charge in [0.15, 0.2) is 0 Å². The van der Waals surface area contributed by atoms with Crippen molar-refractivity contribution in [2.75, 3.05) is 0 Å². The maximum atomic E-state index is 15.2. The lowest BCUT2D eigenvalue weighted by molar-refractivity contribution is 0.0951. The van der Waals surface area contributed by atoms with Gasteiger partial charge in [-0.1, -0.05) is 12.1 Å². The minimum absolute atomic E-state index is 0.221. The number of benzene rings is 1. The van der Waals surface area contributed by atoms with Crippen molar-refractivity contribution in [2.24, 2.45) is 0 Å². The fourth-order valence-electron chi connectivity index (χ4n) is 4.32. The molecular weight excluding hydrogens is 457 g/mol. The Bertz CT molecular complexity index is 1720. The molecule has 5 heterocycles. The van der Waals surface area contributed by atoms with Crippen LogP contribution >= 0.6 is 0 Å². The first-order valence-electron chi connectivity index (χ1n) is 11.3. The van der Waals surface area contributed by atoms with Crippen molar-refractivity contribution >= 4 is 27.8 Å². The number of carbonyl (C=O) groups is 1. The molecule has 6 aromatic rings. The molecule has 0 radical (unpaired) electrons. The van der Waals surface area contributed by atoms with Crippen LogP contribution in [-0.4, -0.2) is 36.0 Å². The summed E-state index contributed by atoms with van der Waals surface area (Å²) in [6, 6.07) is 12.6. The normalized spacial score (nSPS) is 11.3. The molecule has 0 fully saturated rings. The summed E-state index contributed by atoms with van der Waals surface area (Å²) in [5, 5.41) is 11.2. The van der Waals surface area contributed by atoms with Gasteiger partial charge in [0.05, 0.1) is 29.3 Å². The number of H-pyrrole nitrogens is 2. The number of fused-ring (bicyclic) bond motifs is 3. The summed E-state index contributed by atoms with van der Waals surface area (Å²) in [6.07, 6.45) is 8.12. The number of hydrogen-bond donors (Lipinski definition) is 3. The SMILES string of the molecule is Cc1n[nH]cc1CNC(=O)c1ccc(-c2c(F)cnc3[nH]c4cnc(-c5cccnc5)cc4c23)cc1. The number of aromatic nitrogens is 6. The van der Waals surface area contributed by atoms with E-state index in [1.165, 1.54) is 6.20 Å². The zero-order valence-corrected chi connectivity index (χ0v) is 19.2. The van der Waals surface area contributed by atoms with E-state index in [1.54, 1.807) is 49.1 Å². The van der Waals surface area contributed by atoms with E-state index in [-0.39, 0.29) is 5.91 Å². The van der Waals surface area contributed by atoms with E-state index in [9.17, 15) is 4.79 Å². The number of rotatable bonds is 5. The van der Waals surface area contributed by atoms with Crippen molar-refractivity contribution < 1.29 is 9.18 Å². The van der Waals surface area contributed by atoms with Crippen molar-refractivity contribution in [3.63, 3.8) is 0 Å². The van der Waals surface area contributed by atoms with Gasteiger partial charge in [0.25, 0.3) is 5.91 Å². The largest absolute Gasteiger partial charge is 0.348 e. The third-order valence-corrected chi connectivity index (χ3v) is 6.23. The standard InChI is InChI=1S/C27H20FN7O/c1-15-19(12-33-35-15)11-32-27(36)17-6-4-16(5-7-17)24-21(28)13-31-26-25(24)20-9-22(30-14-23(20)34-26)18-3-2-8-29-10-18/h2-10,12-14H,11H2,1H3,(H,31,34)(H,32,36)(H,33,35). The second-order valence-corrected chi connectivity index (χ2v) is 8.44. The van der Waals surface area contributed by atoms with Crippen LogP contribution in [-0.2, 0) is 6.54 Å². The number of carbonyl (C=O) groups excluding carboxylic acids is 1. The van der Waals surface area contributed by atoms with Gasteiger partial charge >= 0.3 is 0 Å². The Morgan fingerprint density at radius 1 is 1.06 bits per heavy atom. The molecule has 8 nitrogen and oxygen atoms in total. The Morgan fingerprint density at radius 2 is 1.92 bits per heavy atom. The highest BCUT2D eigenvalue weighted by Crippen LogP contribution is 2.36. The molecule has 0 aliphatic heterocycles. The number of aryl methyl sites for hydroxylation is 1. The average Bonchev–Trinajstić information content (AvgIpc) is 3.50. The van der Waals surface area contributed by atoms with E-state index in [2.05, 4.69) is 35.5 Å². The van der Waals surface area contributed by atoms with Crippen molar-refractivity contribution in [3.05, 3.63) is 96.1 Å². The number of aromatic amines is 2. The highest BCUT2D eigenvalue weighted by Gasteiger charge is 2.18. The smallest absolute Gasteiger partial charge is 0.251 e. The number of pyridine rings is 3. The third-order valence-electron chi connectivity index (χ3n) is 6.23. The van der Waals surface area contributed by atoms with Crippen molar-refractivity contribution in [1.29, 1.82) is 0 Å². The number of halogens is 1. The zero-order valence-electron chi connectivity index (χ0n) is 19.2. The molecule has 1 amide bonds. The van der Waals surface area contributed by atoms with E-state index < -0.39 is 5.82 Å². The topological polar surface area (TPSA) is 112 Å². The predicted molar refractivity (Wildman–Crippen MR) is 135 cm³/mol. The summed E-state index contributed by atoms with van der Waals surface area (Å²) in [6.45, 7) is 2.24. The molecule has 3 N–H and O–H groups in total. The molecule has 0 bridgehead atoms. The quantitative estimate of drug-likeness (QED) is 0.326. The average molecular weight is 478 g/mol. The van der Waals surface area contributed by atoms with Crippen LogP contribution in [0.1, 0.15) is 21.6 Å². The van der Waals surface area contributed by atoms with Crippen LogP contribution in [0.15, 0.2) is 73.4 Å². The van der Waals surface area contributed by atoms with Gasteiger partial charge in [-0.2, -0.15) is 5.10 Å². The van der Waals surface area contributed by atoms with Gasteiger partial charge in [0.2, 0.25) is 0 Å². The van der Waals surface area contributed by atoms with Crippen molar-refractivity contribution in [1.82, 2.24) is 35.5 Å². The molecule has 6 rings (SSSR count). The molecule has 176 valence electrons. The van der Waals surface area contributed by atoms with E-state index >= 15 is 4.39 Å². The second kappa shape index (κ2) is 8.70. The van der Waals surface area contributed by atoms with E-state index in [1.807, 2.05) is 25.1 Å². The lowest BCUT2D eigenvalue weighted by Crippen LogP contribution is -2.22. The number of nitrogens with one attached hydrogen (secondary N) is 3. The van der Waals surface area contributed by atoms with Crippen LogP contribution in [0.25, 0.3) is 44.3 Å². The molecule has 0 saturated carbocycles. The van der Waals surface area contributed by atoms with E-state index in [0.717, 1.165) is 33.4 Å². The lowest BCUT2D eigenvalue weighted by Gasteiger charge is -2.09. The Balaban J connectivity index is 1.38. The second-order valence-electron chi connectivity index (χ2n) is 8.44. The van der Waals surface area contributed by atoms with Crippen LogP contribution in [0.3, 0.4) is 0 Å². The molecule has 5 aromatic heterocycles. The van der Waals surface area contributed by atoms with Crippen LogP contribution in [0.4, 0.5) is 4.39 Å². The first-order valence-corrected chi connectivity index (χ1v) is 11.3. The minimum atomic E-state index is -0.448. The van der Waals surface area contributed by atoms with Crippen LogP contribution in [0.5, 0.6) is 0 Å². The molecule has 1 aromatic carbocycles. The molecule has 0 aliphatic carbocycles. The monoisotopic (exact) mass is 477 g/mol. The maximum Gasteiger partial charge on any atom is 0.251 e.